The van der Waals surface area contributed by atoms with Gasteiger partial charge in [-0.15, -0.1) is 0 Å². The van der Waals surface area contributed by atoms with Gasteiger partial charge < -0.3 is 9.15 Å². The minimum Gasteiger partial charge on any atom is -0.484 e. The van der Waals surface area contributed by atoms with Crippen molar-refractivity contribution < 1.29 is 9.15 Å². The summed E-state index contributed by atoms with van der Waals surface area (Å²) in [7, 11) is 0. The lowest BCUT2D eigenvalue weighted by Crippen LogP contribution is -2.28. The van der Waals surface area contributed by atoms with Crippen molar-refractivity contribution in [1.29, 1.82) is 0 Å². The molecule has 1 aliphatic heterocycles. The Hall–Kier alpha value is -8.01. The van der Waals surface area contributed by atoms with Crippen molar-refractivity contribution >= 4 is 50.2 Å². The lowest BCUT2D eigenvalue weighted by molar-refractivity contribution is 0.258. The summed E-state index contributed by atoms with van der Waals surface area (Å²) in [4.78, 5) is 0. The Kier molecular flexibility index (Phi) is 8.32. The minimum atomic E-state index is -0.614. The molecule has 0 saturated heterocycles. The first kappa shape index (κ1) is 36.6. The highest BCUT2D eigenvalue weighted by Gasteiger charge is 2.48. The van der Waals surface area contributed by atoms with Crippen molar-refractivity contribution in [2.45, 2.75) is 23.9 Å². The Morgan fingerprint density at radius 1 is 0.562 bits per heavy atom. The van der Waals surface area contributed by atoms with Crippen LogP contribution >= 0.6 is 0 Å². The first-order chi connectivity index (χ1) is 31.7. The molecule has 2 unspecified atom stereocenters. The van der Waals surface area contributed by atoms with Gasteiger partial charge in [-0.3, -0.25) is 0 Å². The molecule has 0 spiro atoms. The second-order valence-corrected chi connectivity index (χ2v) is 17.2. The molecule has 0 radical (unpaired) electrons. The summed E-state index contributed by atoms with van der Waals surface area (Å²) >= 11 is 0. The molecule has 0 amide bonds. The lowest BCUT2D eigenvalue weighted by atomic mass is 9.67. The molecule has 4 aliphatic rings. The topological polar surface area (TPSA) is 25.4 Å². The van der Waals surface area contributed by atoms with Crippen LogP contribution in [0, 0.1) is 0 Å². The van der Waals surface area contributed by atoms with Crippen LogP contribution < -0.4 is 9.31 Å². The van der Waals surface area contributed by atoms with Crippen LogP contribution in [-0.4, -0.2) is 11.8 Å². The van der Waals surface area contributed by atoms with Crippen LogP contribution in [0.5, 0.6) is 5.75 Å². The van der Waals surface area contributed by atoms with Gasteiger partial charge in [-0.25, -0.2) is 0 Å². The third-order valence-electron chi connectivity index (χ3n) is 13.9. The average Bonchev–Trinajstić information content (AvgIpc) is 4.04. The van der Waals surface area contributed by atoms with Crippen LogP contribution in [0.3, 0.4) is 0 Å². The summed E-state index contributed by atoms with van der Waals surface area (Å²) in [6.45, 7) is 0. The van der Waals surface area contributed by atoms with E-state index in [2.05, 4.69) is 235 Å². The van der Waals surface area contributed by atoms with Gasteiger partial charge in [0, 0.05) is 63.7 Å². The SMILES string of the molecule is C1=CC(c2ccc([N+](=C3C=CC(c4ccccc4)=CC3)c3ccc4c(c3)C(c3ccccc3)(c3ccccc3)c3ccc5c(oc6ccccc65)c3-4)cc2)C2Oc3ccccc3C2=C1. The van der Waals surface area contributed by atoms with E-state index >= 15 is 0 Å². The summed E-state index contributed by atoms with van der Waals surface area (Å²) in [5.74, 6) is 1.06. The molecular formula is C61H42NO2+. The van der Waals surface area contributed by atoms with E-state index in [0.29, 0.717) is 0 Å². The molecule has 302 valence electrons. The summed E-state index contributed by atoms with van der Waals surface area (Å²) in [6, 6.07) is 70.5. The molecule has 3 aliphatic carbocycles. The number of hydrogen-bond acceptors (Lipinski definition) is 2. The van der Waals surface area contributed by atoms with Crippen LogP contribution in [0.1, 0.15) is 51.3 Å². The molecule has 64 heavy (non-hydrogen) atoms. The van der Waals surface area contributed by atoms with Crippen molar-refractivity contribution in [2.24, 2.45) is 0 Å². The van der Waals surface area contributed by atoms with Gasteiger partial charge in [-0.2, -0.15) is 4.58 Å². The van der Waals surface area contributed by atoms with E-state index in [1.54, 1.807) is 0 Å². The smallest absolute Gasteiger partial charge is 0.211 e. The molecule has 3 heteroatoms. The zero-order valence-electron chi connectivity index (χ0n) is 35.1. The molecule has 2 atom stereocenters. The van der Waals surface area contributed by atoms with Gasteiger partial charge in [0.1, 0.15) is 23.0 Å². The van der Waals surface area contributed by atoms with E-state index in [-0.39, 0.29) is 12.0 Å². The number of fused-ring (bicyclic) bond motifs is 10. The lowest BCUT2D eigenvalue weighted by Gasteiger charge is -2.33. The number of hydrogen-bond donors (Lipinski definition) is 0. The maximum absolute atomic E-state index is 6.86. The number of para-hydroxylation sites is 2. The summed E-state index contributed by atoms with van der Waals surface area (Å²) in [6.07, 6.45) is 14.3. The quantitative estimate of drug-likeness (QED) is 0.156. The number of ether oxygens (including phenoxy) is 1. The second kappa shape index (κ2) is 14.5. The molecule has 9 aromatic rings. The molecular weight excluding hydrogens is 779 g/mol. The molecule has 1 aromatic heterocycles. The number of benzene rings is 8. The van der Waals surface area contributed by atoms with Crippen LogP contribution in [0.4, 0.5) is 11.4 Å². The van der Waals surface area contributed by atoms with E-state index in [1.807, 2.05) is 0 Å². The van der Waals surface area contributed by atoms with E-state index < -0.39 is 5.41 Å². The second-order valence-electron chi connectivity index (χ2n) is 17.2. The standard InChI is InChI=1S/C61H42NO2/c1-4-15-40(16-5-1)41-27-31-45(32-28-41)62(46-33-29-42(30-34-46)48-23-14-24-51-49-21-10-12-25-56(49)63-59(48)51)47-35-36-53-55(39-47)61(43-17-6-2-7-18-43,44-19-8-3-9-20-44)54-38-37-52-50-22-11-13-26-57(50)64-60(52)58(53)54/h1-31,33-39,48,59H,32H2/q+1. The maximum atomic E-state index is 6.86. The third-order valence-corrected chi connectivity index (χ3v) is 13.9. The maximum Gasteiger partial charge on any atom is 0.211 e. The highest BCUT2D eigenvalue weighted by Crippen LogP contribution is 2.59. The fourth-order valence-corrected chi connectivity index (χ4v) is 11.0. The van der Waals surface area contributed by atoms with Gasteiger partial charge in [0.05, 0.1) is 11.8 Å². The van der Waals surface area contributed by atoms with Crippen molar-refractivity contribution in [3.05, 3.63) is 270 Å². The first-order valence-electron chi connectivity index (χ1n) is 22.3. The zero-order valence-corrected chi connectivity index (χ0v) is 35.1. The van der Waals surface area contributed by atoms with Crippen LogP contribution in [0.15, 0.2) is 235 Å². The zero-order chi connectivity index (χ0) is 42.2. The summed E-state index contributed by atoms with van der Waals surface area (Å²) in [5.41, 5.74) is 18.0. The molecule has 0 fully saturated rings. The van der Waals surface area contributed by atoms with E-state index in [0.717, 1.165) is 51.0 Å². The fraction of sp³-hybridized carbons (Fsp3) is 0.0656. The molecule has 13 rings (SSSR count). The van der Waals surface area contributed by atoms with Crippen LogP contribution in [0.2, 0.25) is 0 Å². The van der Waals surface area contributed by atoms with E-state index in [4.69, 9.17) is 9.15 Å². The summed E-state index contributed by atoms with van der Waals surface area (Å²) < 4.78 is 15.9. The highest BCUT2D eigenvalue weighted by molar-refractivity contribution is 6.13. The van der Waals surface area contributed by atoms with Crippen molar-refractivity contribution in [3.63, 3.8) is 0 Å². The minimum absolute atomic E-state index is 0.0535. The van der Waals surface area contributed by atoms with Crippen LogP contribution in [0.25, 0.3) is 44.2 Å². The Morgan fingerprint density at radius 3 is 2.03 bits per heavy atom. The van der Waals surface area contributed by atoms with Crippen molar-refractivity contribution in [1.82, 2.24) is 4.58 Å². The third kappa shape index (κ3) is 5.50. The summed E-state index contributed by atoms with van der Waals surface area (Å²) in [5, 5.41) is 2.27. The average molecular weight is 821 g/mol. The van der Waals surface area contributed by atoms with Gasteiger partial charge in [0.15, 0.2) is 5.71 Å². The number of nitrogens with zero attached hydrogens (tertiary/aromatic N) is 1. The largest absolute Gasteiger partial charge is 0.484 e. The van der Waals surface area contributed by atoms with Crippen molar-refractivity contribution in [2.75, 3.05) is 0 Å². The molecule has 0 N–H and O–H groups in total. The number of furan rings is 1. The predicted molar refractivity (Wildman–Crippen MR) is 263 cm³/mol. The number of rotatable bonds is 6. The molecule has 2 heterocycles. The molecule has 8 aromatic carbocycles. The molecule has 0 saturated carbocycles. The molecule has 3 nitrogen and oxygen atoms in total. The normalized spacial score (nSPS) is 18.4. The number of allylic oxidation sites excluding steroid dienone is 6. The Bertz CT molecular complexity index is 3440. The molecule has 0 bridgehead atoms. The van der Waals surface area contributed by atoms with Gasteiger partial charge in [0.2, 0.25) is 11.4 Å². The fourth-order valence-electron chi connectivity index (χ4n) is 11.0. The first-order valence-corrected chi connectivity index (χ1v) is 22.3. The van der Waals surface area contributed by atoms with Gasteiger partial charge in [-0.05, 0) is 68.8 Å². The Labute approximate surface area is 372 Å². The van der Waals surface area contributed by atoms with Gasteiger partial charge in [0.25, 0.3) is 0 Å². The highest BCUT2D eigenvalue weighted by atomic mass is 16.5. The monoisotopic (exact) mass is 820 g/mol. The van der Waals surface area contributed by atoms with Crippen molar-refractivity contribution in [3.8, 4) is 16.9 Å². The Morgan fingerprint density at radius 2 is 1.27 bits per heavy atom. The van der Waals surface area contributed by atoms with E-state index in [9.17, 15) is 0 Å². The van der Waals surface area contributed by atoms with Gasteiger partial charge in [-0.1, -0.05) is 176 Å². The van der Waals surface area contributed by atoms with E-state index in [1.165, 1.54) is 61.4 Å². The van der Waals surface area contributed by atoms with Gasteiger partial charge >= 0.3 is 0 Å². The van der Waals surface area contributed by atoms with Crippen LogP contribution in [-0.2, 0) is 5.41 Å². The predicted octanol–water partition coefficient (Wildman–Crippen LogP) is 14.8. The Balaban J connectivity index is 1.01.